The molecule has 0 spiro atoms. The van der Waals surface area contributed by atoms with Crippen molar-refractivity contribution in [2.45, 2.75) is 57.9 Å². The summed E-state index contributed by atoms with van der Waals surface area (Å²) in [6.07, 6.45) is 5.61. The van der Waals surface area contributed by atoms with Gasteiger partial charge < -0.3 is 9.47 Å². The Hall–Kier alpha value is -1.06. The Bertz CT molecular complexity index is 284. The van der Waals surface area contributed by atoms with E-state index in [9.17, 15) is 4.79 Å². The van der Waals surface area contributed by atoms with Crippen molar-refractivity contribution in [3.8, 4) is 0 Å². The molecule has 0 aromatic carbocycles. The third-order valence-electron chi connectivity index (χ3n) is 2.77. The van der Waals surface area contributed by atoms with Gasteiger partial charge >= 0.3 is 5.97 Å². The number of aliphatic imine (C=N–C) groups is 1. The number of esters is 1. The maximum atomic E-state index is 10.9. The monoisotopic (exact) mass is 241 g/mol. The van der Waals surface area contributed by atoms with Crippen molar-refractivity contribution in [1.82, 2.24) is 0 Å². The van der Waals surface area contributed by atoms with E-state index < -0.39 is 0 Å². The lowest BCUT2D eigenvalue weighted by molar-refractivity contribution is -0.140. The standard InChI is InChI=1S/C13H23NO3/c1-13(2)10-17-11(14-13)8-6-4-5-7-9-12(15)16-3/h4-10H2,1-3H3. The van der Waals surface area contributed by atoms with Crippen LogP contribution >= 0.6 is 0 Å². The molecule has 0 atom stereocenters. The van der Waals surface area contributed by atoms with Gasteiger partial charge in [-0.1, -0.05) is 12.8 Å². The van der Waals surface area contributed by atoms with Crippen LogP contribution in [0, 0.1) is 0 Å². The lowest BCUT2D eigenvalue weighted by Crippen LogP contribution is -2.17. The molecule has 0 aliphatic carbocycles. The van der Waals surface area contributed by atoms with Crippen LogP contribution in [0.4, 0.5) is 0 Å². The second kappa shape index (κ2) is 6.62. The van der Waals surface area contributed by atoms with Crippen LogP contribution in [0.1, 0.15) is 52.4 Å². The van der Waals surface area contributed by atoms with Crippen LogP contribution in [-0.2, 0) is 14.3 Å². The fourth-order valence-electron chi connectivity index (χ4n) is 1.79. The third kappa shape index (κ3) is 5.71. The van der Waals surface area contributed by atoms with Gasteiger partial charge in [-0.2, -0.15) is 0 Å². The molecule has 0 N–H and O–H groups in total. The third-order valence-corrected chi connectivity index (χ3v) is 2.77. The van der Waals surface area contributed by atoms with Gasteiger partial charge in [-0.25, -0.2) is 4.99 Å². The zero-order valence-electron chi connectivity index (χ0n) is 11.1. The van der Waals surface area contributed by atoms with E-state index in [2.05, 4.69) is 23.6 Å². The quantitative estimate of drug-likeness (QED) is 0.508. The molecular weight excluding hydrogens is 218 g/mol. The van der Waals surface area contributed by atoms with Crippen molar-refractivity contribution in [3.05, 3.63) is 0 Å². The summed E-state index contributed by atoms with van der Waals surface area (Å²) >= 11 is 0. The summed E-state index contributed by atoms with van der Waals surface area (Å²) in [5, 5.41) is 0. The van der Waals surface area contributed by atoms with E-state index in [1.165, 1.54) is 7.11 Å². The smallest absolute Gasteiger partial charge is 0.305 e. The van der Waals surface area contributed by atoms with Gasteiger partial charge in [-0.3, -0.25) is 4.79 Å². The van der Waals surface area contributed by atoms with Crippen LogP contribution in [0.3, 0.4) is 0 Å². The van der Waals surface area contributed by atoms with Crippen molar-refractivity contribution in [1.29, 1.82) is 0 Å². The van der Waals surface area contributed by atoms with Crippen LogP contribution in [0.15, 0.2) is 4.99 Å². The summed E-state index contributed by atoms with van der Waals surface area (Å²) in [5.41, 5.74) is -0.0415. The molecule has 1 rings (SSSR count). The van der Waals surface area contributed by atoms with Gasteiger partial charge in [0.25, 0.3) is 0 Å². The molecule has 1 aliphatic rings. The van der Waals surface area contributed by atoms with Crippen LogP contribution in [0.2, 0.25) is 0 Å². The number of carbonyl (C=O) groups is 1. The summed E-state index contributed by atoms with van der Waals surface area (Å²) in [7, 11) is 1.43. The van der Waals surface area contributed by atoms with Crippen LogP contribution in [-0.4, -0.2) is 31.1 Å². The van der Waals surface area contributed by atoms with E-state index in [4.69, 9.17) is 4.74 Å². The second-order valence-corrected chi connectivity index (χ2v) is 5.10. The Morgan fingerprint density at radius 3 is 2.65 bits per heavy atom. The molecule has 0 saturated heterocycles. The molecule has 0 aromatic rings. The Morgan fingerprint density at radius 2 is 2.06 bits per heavy atom. The first-order valence-corrected chi connectivity index (χ1v) is 6.32. The summed E-state index contributed by atoms with van der Waals surface area (Å²) in [6, 6.07) is 0. The molecular formula is C13H23NO3. The molecule has 4 nitrogen and oxygen atoms in total. The number of hydrogen-bond acceptors (Lipinski definition) is 4. The molecule has 17 heavy (non-hydrogen) atoms. The minimum Gasteiger partial charge on any atom is -0.478 e. The predicted octanol–water partition coefficient (Wildman–Crippen LogP) is 2.71. The van der Waals surface area contributed by atoms with Crippen LogP contribution < -0.4 is 0 Å². The van der Waals surface area contributed by atoms with Gasteiger partial charge in [0.2, 0.25) is 0 Å². The Labute approximate surface area is 103 Å². The molecule has 0 fully saturated rings. The maximum absolute atomic E-state index is 10.9. The van der Waals surface area contributed by atoms with Crippen LogP contribution in [0.25, 0.3) is 0 Å². The number of carbonyl (C=O) groups excluding carboxylic acids is 1. The summed E-state index contributed by atoms with van der Waals surface area (Å²) < 4.78 is 10.1. The van der Waals surface area contributed by atoms with E-state index >= 15 is 0 Å². The maximum Gasteiger partial charge on any atom is 0.305 e. The minimum atomic E-state index is -0.116. The van der Waals surface area contributed by atoms with Gasteiger partial charge in [0.05, 0.1) is 12.6 Å². The Morgan fingerprint density at radius 1 is 1.35 bits per heavy atom. The van der Waals surface area contributed by atoms with E-state index in [1.54, 1.807) is 0 Å². The van der Waals surface area contributed by atoms with E-state index in [0.29, 0.717) is 13.0 Å². The fraction of sp³-hybridized carbons (Fsp3) is 0.846. The summed E-state index contributed by atoms with van der Waals surface area (Å²) in [6.45, 7) is 4.86. The zero-order valence-corrected chi connectivity index (χ0v) is 11.1. The van der Waals surface area contributed by atoms with Gasteiger partial charge in [0, 0.05) is 12.8 Å². The van der Waals surface area contributed by atoms with Gasteiger partial charge in [0.1, 0.15) is 6.61 Å². The highest BCUT2D eigenvalue weighted by molar-refractivity contribution is 5.78. The van der Waals surface area contributed by atoms with Crippen molar-refractivity contribution in [2.24, 2.45) is 4.99 Å². The van der Waals surface area contributed by atoms with E-state index in [-0.39, 0.29) is 11.5 Å². The SMILES string of the molecule is COC(=O)CCCCCCC1=NC(C)(C)CO1. The zero-order chi connectivity index (χ0) is 12.7. The molecule has 0 aromatic heterocycles. The number of methoxy groups -OCH3 is 1. The Kier molecular flexibility index (Phi) is 5.45. The molecule has 98 valence electrons. The largest absolute Gasteiger partial charge is 0.478 e. The van der Waals surface area contributed by atoms with Crippen molar-refractivity contribution in [3.63, 3.8) is 0 Å². The van der Waals surface area contributed by atoms with Crippen molar-refractivity contribution >= 4 is 11.9 Å². The fourth-order valence-corrected chi connectivity index (χ4v) is 1.79. The normalized spacial score (nSPS) is 17.5. The van der Waals surface area contributed by atoms with Gasteiger partial charge in [-0.15, -0.1) is 0 Å². The average Bonchev–Trinajstić information content (AvgIpc) is 2.63. The first-order valence-electron chi connectivity index (χ1n) is 6.32. The average molecular weight is 241 g/mol. The lowest BCUT2D eigenvalue weighted by Gasteiger charge is -2.07. The molecule has 0 unspecified atom stereocenters. The first-order chi connectivity index (χ1) is 8.03. The molecule has 0 saturated carbocycles. The first kappa shape index (κ1) is 14.0. The number of rotatable bonds is 7. The number of ether oxygens (including phenoxy) is 2. The molecule has 1 aliphatic heterocycles. The van der Waals surface area contributed by atoms with Crippen LogP contribution in [0.5, 0.6) is 0 Å². The predicted molar refractivity (Wildman–Crippen MR) is 67.2 cm³/mol. The highest BCUT2D eigenvalue weighted by atomic mass is 16.5. The summed E-state index contributed by atoms with van der Waals surface area (Å²) in [5.74, 6) is 0.776. The highest BCUT2D eigenvalue weighted by Crippen LogP contribution is 2.19. The highest BCUT2D eigenvalue weighted by Gasteiger charge is 2.25. The lowest BCUT2D eigenvalue weighted by atomic mass is 10.1. The van der Waals surface area contributed by atoms with E-state index in [0.717, 1.165) is 38.0 Å². The number of hydrogen-bond donors (Lipinski definition) is 0. The number of nitrogens with zero attached hydrogens (tertiary/aromatic N) is 1. The molecule has 0 amide bonds. The van der Waals surface area contributed by atoms with Gasteiger partial charge in [-0.05, 0) is 26.7 Å². The number of unbranched alkanes of at least 4 members (excludes halogenated alkanes) is 3. The molecule has 0 radical (unpaired) electrons. The van der Waals surface area contributed by atoms with Crippen molar-refractivity contribution in [2.75, 3.05) is 13.7 Å². The van der Waals surface area contributed by atoms with Gasteiger partial charge in [0.15, 0.2) is 5.90 Å². The van der Waals surface area contributed by atoms with Crippen molar-refractivity contribution < 1.29 is 14.3 Å². The Balaban J connectivity index is 2.00. The second-order valence-electron chi connectivity index (χ2n) is 5.10. The minimum absolute atomic E-state index is 0.0415. The topological polar surface area (TPSA) is 47.9 Å². The van der Waals surface area contributed by atoms with E-state index in [1.807, 2.05) is 0 Å². The molecule has 0 bridgehead atoms. The molecule has 4 heteroatoms. The molecule has 1 heterocycles. The summed E-state index contributed by atoms with van der Waals surface area (Å²) in [4.78, 5) is 15.4.